The number of rotatable bonds is 21. The predicted molar refractivity (Wildman–Crippen MR) is 200 cm³/mol. The van der Waals surface area contributed by atoms with E-state index in [1.54, 1.807) is 42.5 Å². The number of carboxylic acids is 2. The maximum atomic E-state index is 12.9. The number of amides is 1. The molecule has 274 valence electrons. The van der Waals surface area contributed by atoms with Crippen LogP contribution in [0.3, 0.4) is 0 Å². The molecular weight excluding hydrogens is 683 g/mol. The molecule has 4 aromatic rings. The average Bonchev–Trinajstić information content (AvgIpc) is 3.11. The largest absolute Gasteiger partial charge is 0.489 e. The Morgan fingerprint density at radius 1 is 0.846 bits per heavy atom. The van der Waals surface area contributed by atoms with E-state index in [4.69, 9.17) is 9.84 Å². The summed E-state index contributed by atoms with van der Waals surface area (Å²) in [6.45, 7) is 3.18. The van der Waals surface area contributed by atoms with Crippen molar-refractivity contribution in [3.63, 3.8) is 0 Å². The minimum atomic E-state index is -3.79. The van der Waals surface area contributed by atoms with E-state index in [9.17, 15) is 27.9 Å². The van der Waals surface area contributed by atoms with Crippen LogP contribution >= 0.6 is 0 Å². The lowest BCUT2D eigenvalue weighted by Crippen LogP contribution is -2.41. The van der Waals surface area contributed by atoms with E-state index < -0.39 is 28.0 Å². The van der Waals surface area contributed by atoms with E-state index in [1.165, 1.54) is 0 Å². The summed E-state index contributed by atoms with van der Waals surface area (Å²) < 4.78 is 34.5. The predicted octanol–water partition coefficient (Wildman–Crippen LogP) is 6.49. The number of aryl methyl sites for hydroxylation is 1. The molecule has 52 heavy (non-hydrogen) atoms. The molecule has 4 N–H and O–H groups in total. The molecule has 1 amide bonds. The number of nitrogens with one attached hydrogen (secondary N) is 2. The van der Waals surface area contributed by atoms with Gasteiger partial charge >= 0.3 is 11.9 Å². The summed E-state index contributed by atoms with van der Waals surface area (Å²) >= 11 is 0. The number of nitrogens with zero attached hydrogens (tertiary/aromatic N) is 1. The van der Waals surface area contributed by atoms with Gasteiger partial charge in [0.1, 0.15) is 18.4 Å². The van der Waals surface area contributed by atoms with Gasteiger partial charge in [0.15, 0.2) is 0 Å². The lowest BCUT2D eigenvalue weighted by molar-refractivity contribution is -0.143. The first kappa shape index (κ1) is 39.3. The van der Waals surface area contributed by atoms with Crippen LogP contribution in [0.15, 0.2) is 114 Å². The Balaban J connectivity index is 1.46. The third-order valence-corrected chi connectivity index (χ3v) is 9.57. The van der Waals surface area contributed by atoms with Gasteiger partial charge in [0.25, 0.3) is 10.0 Å². The highest BCUT2D eigenvalue weighted by molar-refractivity contribution is 7.92. The molecule has 0 radical (unpaired) electrons. The third kappa shape index (κ3) is 13.3. The number of aliphatic carboxylic acids is 2. The van der Waals surface area contributed by atoms with Crippen molar-refractivity contribution in [1.29, 1.82) is 0 Å². The topological polar surface area (TPSA) is 162 Å². The molecule has 0 fully saturated rings. The minimum Gasteiger partial charge on any atom is -0.489 e. The second-order valence-corrected chi connectivity index (χ2v) is 14.1. The first-order chi connectivity index (χ1) is 25.0. The highest BCUT2D eigenvalue weighted by Gasteiger charge is 2.25. The van der Waals surface area contributed by atoms with Crippen LogP contribution in [0.5, 0.6) is 5.75 Å². The molecule has 11 nitrogen and oxygen atoms in total. The number of hydrogen-bond donors (Lipinski definition) is 4. The van der Waals surface area contributed by atoms with Crippen molar-refractivity contribution < 1.29 is 37.8 Å². The molecule has 0 spiro atoms. The summed E-state index contributed by atoms with van der Waals surface area (Å²) in [5, 5.41) is 21.8. The van der Waals surface area contributed by atoms with Gasteiger partial charge in [0, 0.05) is 31.7 Å². The Labute approximate surface area is 305 Å². The number of sulfonamides is 1. The van der Waals surface area contributed by atoms with Crippen LogP contribution < -0.4 is 14.8 Å². The van der Waals surface area contributed by atoms with Gasteiger partial charge < -0.3 is 20.3 Å². The molecule has 0 saturated heterocycles. The maximum absolute atomic E-state index is 12.9. The maximum Gasteiger partial charge on any atom is 0.320 e. The highest BCUT2D eigenvalue weighted by atomic mass is 32.2. The van der Waals surface area contributed by atoms with E-state index in [0.29, 0.717) is 50.4 Å². The number of carbonyl (C=O) groups is 3. The zero-order valence-electron chi connectivity index (χ0n) is 29.1. The first-order valence-electron chi connectivity index (χ1n) is 17.1. The second-order valence-electron chi connectivity index (χ2n) is 12.4. The molecule has 0 bridgehead atoms. The van der Waals surface area contributed by atoms with Crippen molar-refractivity contribution in [2.45, 2.75) is 63.1 Å². The molecule has 0 unspecified atom stereocenters. The number of benzene rings is 4. The summed E-state index contributed by atoms with van der Waals surface area (Å²) in [5.41, 5.74) is 3.96. The van der Waals surface area contributed by atoms with E-state index in [1.807, 2.05) is 84.6 Å². The van der Waals surface area contributed by atoms with Crippen LogP contribution in [-0.2, 0) is 37.6 Å². The van der Waals surface area contributed by atoms with Crippen LogP contribution in [0, 0.1) is 6.92 Å². The number of carboxylic acid groups (broad SMARTS) is 2. The Morgan fingerprint density at radius 2 is 1.58 bits per heavy atom. The summed E-state index contributed by atoms with van der Waals surface area (Å²) in [4.78, 5) is 37.3. The van der Waals surface area contributed by atoms with Crippen molar-refractivity contribution in [1.82, 2.24) is 10.2 Å². The SMILES string of the molecule is Cc1ccc(S(=O)(=O)Nc2cccc(/C=C/CN(Cc3cccc(OCc4ccccc4)c3)[C@@H](CCCCNC(=O)CCC(=O)O)C(=O)O)c2)cc1. The van der Waals surface area contributed by atoms with Gasteiger partial charge in [-0.15, -0.1) is 0 Å². The van der Waals surface area contributed by atoms with Crippen LogP contribution in [0.2, 0.25) is 0 Å². The van der Waals surface area contributed by atoms with E-state index in [0.717, 1.165) is 22.3 Å². The van der Waals surface area contributed by atoms with Gasteiger partial charge in [-0.3, -0.25) is 24.0 Å². The Bertz CT molecular complexity index is 1910. The van der Waals surface area contributed by atoms with Crippen molar-refractivity contribution in [3.8, 4) is 5.75 Å². The van der Waals surface area contributed by atoms with Gasteiger partial charge in [0.05, 0.1) is 11.3 Å². The highest BCUT2D eigenvalue weighted by Crippen LogP contribution is 2.21. The van der Waals surface area contributed by atoms with Crippen LogP contribution in [0.4, 0.5) is 5.69 Å². The summed E-state index contributed by atoms with van der Waals surface area (Å²) in [6.07, 6.45) is 4.67. The smallest absolute Gasteiger partial charge is 0.320 e. The molecule has 0 aliphatic rings. The Hall–Kier alpha value is -5.46. The van der Waals surface area contributed by atoms with Crippen molar-refractivity contribution in [2.75, 3.05) is 17.8 Å². The molecule has 4 aromatic carbocycles. The summed E-state index contributed by atoms with van der Waals surface area (Å²) in [5.74, 6) is -1.72. The molecule has 0 saturated carbocycles. The fourth-order valence-corrected chi connectivity index (χ4v) is 6.48. The molecule has 4 rings (SSSR count). The first-order valence-corrected chi connectivity index (χ1v) is 18.5. The standard InChI is InChI=1S/C40H45N3O8S/c1-30-18-20-36(21-19-30)52(49,50)42-34-15-7-12-31(26-34)14-9-25-43(37(40(47)48)17-5-6-24-41-38(44)22-23-39(45)46)28-33-13-8-16-35(27-33)51-29-32-10-3-2-4-11-32/h2-4,7-16,18-21,26-27,37,42H,5-6,17,22-25,28-29H2,1H3,(H,41,44)(H,45,46)(H,47,48)/b14-9+/t37-/m0/s1. The molecular formula is C40H45N3O8S. The number of carbonyl (C=O) groups excluding carboxylic acids is 1. The van der Waals surface area contributed by atoms with Gasteiger partial charge in [-0.05, 0) is 79.3 Å². The minimum absolute atomic E-state index is 0.108. The van der Waals surface area contributed by atoms with Crippen molar-refractivity contribution in [3.05, 3.63) is 131 Å². The lowest BCUT2D eigenvalue weighted by Gasteiger charge is -2.28. The summed E-state index contributed by atoms with van der Waals surface area (Å²) in [6, 6.07) is 30.0. The third-order valence-electron chi connectivity index (χ3n) is 8.17. The number of unbranched alkanes of at least 4 members (excludes halogenated alkanes) is 1. The fraction of sp³-hybridized carbons (Fsp3) is 0.275. The fourth-order valence-electron chi connectivity index (χ4n) is 5.43. The van der Waals surface area contributed by atoms with Gasteiger partial charge in [0.2, 0.25) is 5.91 Å². The quantitative estimate of drug-likeness (QED) is 0.0703. The molecule has 0 heterocycles. The zero-order chi connectivity index (χ0) is 37.3. The monoisotopic (exact) mass is 727 g/mol. The second kappa shape index (κ2) is 19.8. The van der Waals surface area contributed by atoms with Crippen LogP contribution in [0.1, 0.15) is 54.4 Å². The average molecular weight is 728 g/mol. The van der Waals surface area contributed by atoms with Gasteiger partial charge in [-0.2, -0.15) is 0 Å². The molecule has 0 aliphatic carbocycles. The summed E-state index contributed by atoms with van der Waals surface area (Å²) in [7, 11) is -3.79. The molecule has 12 heteroatoms. The van der Waals surface area contributed by atoms with Crippen LogP contribution in [-0.4, -0.2) is 60.5 Å². The Kier molecular flexibility index (Phi) is 15.0. The van der Waals surface area contributed by atoms with Crippen molar-refractivity contribution in [2.24, 2.45) is 0 Å². The number of ether oxygens (including phenoxy) is 1. The van der Waals surface area contributed by atoms with E-state index in [-0.39, 0.29) is 30.2 Å². The lowest BCUT2D eigenvalue weighted by atomic mass is 10.1. The zero-order valence-corrected chi connectivity index (χ0v) is 29.9. The number of anilines is 1. The molecule has 1 atom stereocenters. The van der Waals surface area contributed by atoms with Gasteiger partial charge in [-0.1, -0.05) is 84.4 Å². The van der Waals surface area contributed by atoms with E-state index >= 15 is 0 Å². The van der Waals surface area contributed by atoms with Crippen LogP contribution in [0.25, 0.3) is 6.08 Å². The molecule has 0 aliphatic heterocycles. The number of hydrogen-bond acceptors (Lipinski definition) is 7. The van der Waals surface area contributed by atoms with Crippen molar-refractivity contribution >= 4 is 39.6 Å². The normalized spacial score (nSPS) is 12.0. The van der Waals surface area contributed by atoms with E-state index in [2.05, 4.69) is 10.0 Å². The Morgan fingerprint density at radius 3 is 2.31 bits per heavy atom. The molecule has 0 aromatic heterocycles. The van der Waals surface area contributed by atoms with Gasteiger partial charge in [-0.25, -0.2) is 8.42 Å².